The van der Waals surface area contributed by atoms with Crippen LogP contribution in [-0.4, -0.2) is 37.2 Å². The van der Waals surface area contributed by atoms with E-state index < -0.39 is 6.10 Å². The van der Waals surface area contributed by atoms with Crippen LogP contribution in [-0.2, 0) is 28.6 Å². The number of unbranched alkanes of at least 4 members (excludes halogenated alkanes) is 45. The Morgan fingerprint density at radius 1 is 0.256 bits per heavy atom. The van der Waals surface area contributed by atoms with E-state index in [0.717, 1.165) is 77.0 Å². The van der Waals surface area contributed by atoms with E-state index in [2.05, 4.69) is 69.4 Å². The quantitative estimate of drug-likeness (QED) is 0.0261. The Hall–Kier alpha value is -2.63. The summed E-state index contributed by atoms with van der Waals surface area (Å²) in [5.41, 5.74) is 0. The summed E-state index contributed by atoms with van der Waals surface area (Å²) in [5, 5.41) is 0. The lowest BCUT2D eigenvalue weighted by Gasteiger charge is -2.18. The van der Waals surface area contributed by atoms with Gasteiger partial charge in [-0.15, -0.1) is 0 Å². The van der Waals surface area contributed by atoms with E-state index in [1.807, 2.05) is 0 Å². The first-order valence-corrected chi connectivity index (χ1v) is 34.6. The molecule has 0 aliphatic heterocycles. The Kier molecular flexibility index (Phi) is 64.6. The first-order valence-electron chi connectivity index (χ1n) is 34.6. The van der Waals surface area contributed by atoms with Crippen molar-refractivity contribution in [3.05, 3.63) is 48.6 Å². The highest BCUT2D eigenvalue weighted by Gasteiger charge is 2.19. The van der Waals surface area contributed by atoms with Gasteiger partial charge in [0, 0.05) is 19.3 Å². The average Bonchev–Trinajstić information content (AvgIpc) is 3.44. The van der Waals surface area contributed by atoms with Crippen LogP contribution in [0.3, 0.4) is 0 Å². The average molecular weight is 1090 g/mol. The number of hydrogen-bond donors (Lipinski definition) is 0. The normalized spacial score (nSPS) is 12.3. The second-order valence-corrected chi connectivity index (χ2v) is 23.4. The number of allylic oxidation sites excluding steroid dienone is 8. The maximum atomic E-state index is 12.9. The molecule has 0 saturated heterocycles. The topological polar surface area (TPSA) is 78.9 Å². The van der Waals surface area contributed by atoms with Crippen molar-refractivity contribution in [1.29, 1.82) is 0 Å². The fraction of sp³-hybridized carbons (Fsp3) is 0.847. The van der Waals surface area contributed by atoms with Crippen LogP contribution in [0.15, 0.2) is 48.6 Å². The van der Waals surface area contributed by atoms with Gasteiger partial charge >= 0.3 is 17.9 Å². The Labute approximate surface area is 486 Å². The molecule has 1 unspecified atom stereocenters. The Morgan fingerprint density at radius 2 is 0.462 bits per heavy atom. The minimum absolute atomic E-state index is 0.0738. The molecule has 0 saturated carbocycles. The van der Waals surface area contributed by atoms with Crippen LogP contribution in [0.5, 0.6) is 0 Å². The van der Waals surface area contributed by atoms with Gasteiger partial charge in [0.05, 0.1) is 0 Å². The molecule has 0 fully saturated rings. The number of ether oxygens (including phenoxy) is 3. The zero-order valence-corrected chi connectivity index (χ0v) is 52.5. The molecule has 0 aromatic heterocycles. The molecule has 456 valence electrons. The summed E-state index contributed by atoms with van der Waals surface area (Å²) in [7, 11) is 0. The molecular formula is C72H132O6. The van der Waals surface area contributed by atoms with Gasteiger partial charge in [-0.1, -0.05) is 320 Å². The largest absolute Gasteiger partial charge is 0.462 e. The summed E-state index contributed by atoms with van der Waals surface area (Å²) in [6, 6.07) is 0. The molecule has 1 atom stereocenters. The van der Waals surface area contributed by atoms with Crippen molar-refractivity contribution in [2.75, 3.05) is 13.2 Å². The van der Waals surface area contributed by atoms with E-state index in [0.29, 0.717) is 19.3 Å². The summed E-state index contributed by atoms with van der Waals surface area (Å²) >= 11 is 0. The van der Waals surface area contributed by atoms with Gasteiger partial charge in [-0.25, -0.2) is 0 Å². The molecule has 0 N–H and O–H groups in total. The van der Waals surface area contributed by atoms with Crippen molar-refractivity contribution in [2.45, 2.75) is 380 Å². The number of rotatable bonds is 64. The molecule has 0 aromatic rings. The molecular weight excluding hydrogens is 961 g/mol. The zero-order chi connectivity index (χ0) is 56.4. The maximum Gasteiger partial charge on any atom is 0.306 e. The van der Waals surface area contributed by atoms with Crippen LogP contribution >= 0.6 is 0 Å². The van der Waals surface area contributed by atoms with Gasteiger partial charge in [-0.3, -0.25) is 14.4 Å². The minimum Gasteiger partial charge on any atom is -0.462 e. The van der Waals surface area contributed by atoms with Gasteiger partial charge in [0.15, 0.2) is 6.10 Å². The minimum atomic E-state index is -0.777. The fourth-order valence-corrected chi connectivity index (χ4v) is 10.3. The van der Waals surface area contributed by atoms with Gasteiger partial charge < -0.3 is 14.2 Å². The van der Waals surface area contributed by atoms with Crippen molar-refractivity contribution in [1.82, 2.24) is 0 Å². The van der Waals surface area contributed by atoms with E-state index >= 15 is 0 Å². The Morgan fingerprint density at radius 3 is 0.731 bits per heavy atom. The summed E-state index contributed by atoms with van der Waals surface area (Å²) in [6.07, 6.45) is 84.1. The van der Waals surface area contributed by atoms with E-state index in [1.165, 1.54) is 257 Å². The van der Waals surface area contributed by atoms with Crippen LogP contribution in [0.4, 0.5) is 0 Å². The van der Waals surface area contributed by atoms with Crippen molar-refractivity contribution >= 4 is 17.9 Å². The summed E-state index contributed by atoms with van der Waals surface area (Å²) in [5.74, 6) is -0.860. The van der Waals surface area contributed by atoms with E-state index in [1.54, 1.807) is 0 Å². The summed E-state index contributed by atoms with van der Waals surface area (Å²) in [6.45, 7) is 6.68. The lowest BCUT2D eigenvalue weighted by molar-refractivity contribution is -0.167. The highest BCUT2D eigenvalue weighted by atomic mass is 16.6. The fourth-order valence-electron chi connectivity index (χ4n) is 10.3. The van der Waals surface area contributed by atoms with E-state index in [9.17, 15) is 14.4 Å². The summed E-state index contributed by atoms with van der Waals surface area (Å²) < 4.78 is 17.0. The third-order valence-electron chi connectivity index (χ3n) is 15.6. The van der Waals surface area contributed by atoms with Crippen LogP contribution < -0.4 is 0 Å². The van der Waals surface area contributed by atoms with Gasteiger partial charge in [0.25, 0.3) is 0 Å². The number of hydrogen-bond acceptors (Lipinski definition) is 6. The first-order chi connectivity index (χ1) is 38.5. The van der Waals surface area contributed by atoms with Crippen molar-refractivity contribution in [3.63, 3.8) is 0 Å². The molecule has 0 aliphatic rings. The summed E-state index contributed by atoms with van der Waals surface area (Å²) in [4.78, 5) is 38.4. The van der Waals surface area contributed by atoms with Gasteiger partial charge in [-0.2, -0.15) is 0 Å². The molecule has 0 heterocycles. The van der Waals surface area contributed by atoms with Crippen LogP contribution in [0.25, 0.3) is 0 Å². The van der Waals surface area contributed by atoms with E-state index in [-0.39, 0.29) is 31.1 Å². The number of esters is 3. The molecule has 0 aromatic carbocycles. The smallest absolute Gasteiger partial charge is 0.306 e. The van der Waals surface area contributed by atoms with Gasteiger partial charge in [0.1, 0.15) is 13.2 Å². The molecule has 0 spiro atoms. The lowest BCUT2D eigenvalue weighted by Crippen LogP contribution is -2.30. The highest BCUT2D eigenvalue weighted by molar-refractivity contribution is 5.71. The molecule has 0 radical (unpaired) electrons. The second kappa shape index (κ2) is 66.9. The molecule has 0 aliphatic carbocycles. The van der Waals surface area contributed by atoms with Gasteiger partial charge in [-0.05, 0) is 83.5 Å². The monoisotopic (exact) mass is 1090 g/mol. The molecule has 0 bridgehead atoms. The third kappa shape index (κ3) is 64.2. The van der Waals surface area contributed by atoms with Crippen molar-refractivity contribution in [2.24, 2.45) is 0 Å². The maximum absolute atomic E-state index is 12.9. The second-order valence-electron chi connectivity index (χ2n) is 23.4. The molecule has 6 heteroatoms. The number of carbonyl (C=O) groups excluding carboxylic acids is 3. The number of carbonyl (C=O) groups is 3. The van der Waals surface area contributed by atoms with Crippen LogP contribution in [0, 0.1) is 0 Å². The standard InChI is InChI=1S/C72H132O6/c1-4-7-10-13-16-19-22-25-28-30-32-34-35-36-37-38-40-41-44-47-50-53-56-59-62-65-71(74)77-68-69(67-76-70(73)64-61-58-55-52-49-46-43-27-24-21-18-15-12-9-6-3)78-72(75)66-63-60-57-54-51-48-45-42-39-33-31-29-26-23-20-17-14-11-8-5-2/h22,25,27,30,32,35-36,43,69H,4-21,23-24,26,28-29,31,33-34,37-42,44-68H2,1-3H3/b25-22-,32-30-,36-35-,43-27-. The molecule has 78 heavy (non-hydrogen) atoms. The van der Waals surface area contributed by atoms with Gasteiger partial charge in [0.2, 0.25) is 0 Å². The predicted octanol–water partition coefficient (Wildman–Crippen LogP) is 23.7. The Bertz CT molecular complexity index is 1350. The van der Waals surface area contributed by atoms with E-state index in [4.69, 9.17) is 14.2 Å². The van der Waals surface area contributed by atoms with Crippen LogP contribution in [0.1, 0.15) is 374 Å². The van der Waals surface area contributed by atoms with Crippen LogP contribution in [0.2, 0.25) is 0 Å². The Balaban J connectivity index is 4.30. The van der Waals surface area contributed by atoms with Crippen molar-refractivity contribution in [3.8, 4) is 0 Å². The molecule has 0 amide bonds. The zero-order valence-electron chi connectivity index (χ0n) is 52.5. The highest BCUT2D eigenvalue weighted by Crippen LogP contribution is 2.18. The lowest BCUT2D eigenvalue weighted by atomic mass is 10.0. The first kappa shape index (κ1) is 75.4. The molecule has 6 nitrogen and oxygen atoms in total. The molecule has 0 rings (SSSR count). The van der Waals surface area contributed by atoms with Crippen molar-refractivity contribution < 1.29 is 28.6 Å². The SMILES string of the molecule is CCCCCCC/C=C\C/C=C\C/C=C\CCCCCCCCCCCCC(=O)OCC(COC(=O)CCCCCCC/C=C\CCCCCCCC)OC(=O)CCCCCCCCCCCCCCCCCCCCCC. The third-order valence-corrected chi connectivity index (χ3v) is 15.6. The predicted molar refractivity (Wildman–Crippen MR) is 339 cm³/mol.